The summed E-state index contributed by atoms with van der Waals surface area (Å²) in [5.74, 6) is 0.279. The highest BCUT2D eigenvalue weighted by Crippen LogP contribution is 2.30. The van der Waals surface area contributed by atoms with Crippen LogP contribution in [-0.4, -0.2) is 64.9 Å². The molecule has 0 bridgehead atoms. The third-order valence-electron chi connectivity index (χ3n) is 4.38. The number of hydrogen-bond acceptors (Lipinski definition) is 7. The van der Waals surface area contributed by atoms with E-state index in [4.69, 9.17) is 0 Å². The molecule has 0 aromatic carbocycles. The molecular formula is C18H24N6O2S. The fraction of sp³-hybridized carbons (Fsp3) is 0.500. The normalized spacial score (nSPS) is 16.6. The van der Waals surface area contributed by atoms with Gasteiger partial charge in [0.15, 0.2) is 0 Å². The maximum atomic E-state index is 12.6. The number of thiazole rings is 1. The molecular weight excluding hydrogens is 364 g/mol. The number of carbonyl (C=O) groups is 2. The number of nitrogens with one attached hydrogen (secondary N) is 1. The van der Waals surface area contributed by atoms with Crippen LogP contribution in [0.2, 0.25) is 0 Å². The summed E-state index contributed by atoms with van der Waals surface area (Å²) in [4.78, 5) is 41.8. The fourth-order valence-electron chi connectivity index (χ4n) is 3.07. The minimum atomic E-state index is -0.186. The molecule has 1 saturated heterocycles. The van der Waals surface area contributed by atoms with Crippen molar-refractivity contribution < 1.29 is 9.59 Å². The quantitative estimate of drug-likeness (QED) is 0.839. The first-order valence-electron chi connectivity index (χ1n) is 8.89. The van der Waals surface area contributed by atoms with Gasteiger partial charge in [0, 0.05) is 50.7 Å². The summed E-state index contributed by atoms with van der Waals surface area (Å²) >= 11 is 1.40. The standard InChI is InChI=1S/C18H24N6O2S/c1-11(2)21-16(25)13-7-19-18(23(3)4)22-15(13)12-5-6-24(8-12)17(26)14-9-27-10-20-14/h7,9-12H,5-6,8H2,1-4H3,(H,21,25). The van der Waals surface area contributed by atoms with Gasteiger partial charge in [-0.1, -0.05) is 0 Å². The van der Waals surface area contributed by atoms with E-state index in [0.717, 1.165) is 6.42 Å². The van der Waals surface area contributed by atoms with Gasteiger partial charge >= 0.3 is 0 Å². The summed E-state index contributed by atoms with van der Waals surface area (Å²) in [5.41, 5.74) is 3.29. The van der Waals surface area contributed by atoms with E-state index < -0.39 is 0 Å². The molecule has 3 heterocycles. The van der Waals surface area contributed by atoms with Crippen molar-refractivity contribution in [1.29, 1.82) is 0 Å². The molecule has 1 N–H and O–H groups in total. The van der Waals surface area contributed by atoms with E-state index in [1.807, 2.05) is 27.9 Å². The van der Waals surface area contributed by atoms with Gasteiger partial charge < -0.3 is 15.1 Å². The molecule has 8 nitrogen and oxygen atoms in total. The SMILES string of the molecule is CC(C)NC(=O)c1cnc(N(C)C)nc1C1CCN(C(=O)c2cscn2)C1. The molecule has 0 radical (unpaired) electrons. The van der Waals surface area contributed by atoms with Gasteiger partial charge in [0.2, 0.25) is 5.95 Å². The van der Waals surface area contributed by atoms with Crippen molar-refractivity contribution in [2.75, 3.05) is 32.1 Å². The van der Waals surface area contributed by atoms with Crippen LogP contribution in [-0.2, 0) is 0 Å². The summed E-state index contributed by atoms with van der Waals surface area (Å²) in [5, 5.41) is 4.66. The van der Waals surface area contributed by atoms with E-state index in [1.165, 1.54) is 11.3 Å². The predicted octanol–water partition coefficient (Wildman–Crippen LogP) is 1.77. The Labute approximate surface area is 162 Å². The topological polar surface area (TPSA) is 91.3 Å². The second-order valence-electron chi connectivity index (χ2n) is 7.10. The zero-order chi connectivity index (χ0) is 19.6. The zero-order valence-electron chi connectivity index (χ0n) is 16.0. The molecule has 1 aliphatic rings. The maximum Gasteiger partial charge on any atom is 0.273 e. The Balaban J connectivity index is 1.87. The van der Waals surface area contributed by atoms with E-state index in [2.05, 4.69) is 20.3 Å². The van der Waals surface area contributed by atoms with Crippen LogP contribution in [0, 0.1) is 0 Å². The Hall–Kier alpha value is -2.55. The number of anilines is 1. The van der Waals surface area contributed by atoms with Gasteiger partial charge in [0.1, 0.15) is 5.69 Å². The molecule has 2 amide bonds. The second-order valence-corrected chi connectivity index (χ2v) is 7.82. The highest BCUT2D eigenvalue weighted by Gasteiger charge is 2.32. The highest BCUT2D eigenvalue weighted by atomic mass is 32.1. The van der Waals surface area contributed by atoms with E-state index in [-0.39, 0.29) is 23.8 Å². The Kier molecular flexibility index (Phi) is 5.69. The van der Waals surface area contributed by atoms with Crippen LogP contribution in [0.25, 0.3) is 0 Å². The van der Waals surface area contributed by atoms with Crippen LogP contribution in [0.15, 0.2) is 17.1 Å². The first-order chi connectivity index (χ1) is 12.9. The van der Waals surface area contributed by atoms with Crippen LogP contribution in [0.5, 0.6) is 0 Å². The number of rotatable bonds is 5. The van der Waals surface area contributed by atoms with Gasteiger partial charge in [0.25, 0.3) is 11.8 Å². The minimum absolute atomic E-state index is 0.0119. The Morgan fingerprint density at radius 3 is 2.74 bits per heavy atom. The summed E-state index contributed by atoms with van der Waals surface area (Å²) in [6, 6.07) is 0.0187. The van der Waals surface area contributed by atoms with Crippen LogP contribution in [0.4, 0.5) is 5.95 Å². The summed E-state index contributed by atoms with van der Waals surface area (Å²) in [6.45, 7) is 4.96. The number of amides is 2. The number of likely N-dealkylation sites (tertiary alicyclic amines) is 1. The minimum Gasteiger partial charge on any atom is -0.350 e. The molecule has 0 aliphatic carbocycles. The summed E-state index contributed by atoms with van der Waals surface area (Å²) in [6.07, 6.45) is 2.34. The lowest BCUT2D eigenvalue weighted by Crippen LogP contribution is -2.32. The third kappa shape index (κ3) is 4.24. The van der Waals surface area contributed by atoms with Crippen LogP contribution < -0.4 is 10.2 Å². The van der Waals surface area contributed by atoms with Crippen molar-refractivity contribution in [1.82, 2.24) is 25.2 Å². The van der Waals surface area contributed by atoms with Gasteiger partial charge in [-0.15, -0.1) is 11.3 Å². The lowest BCUT2D eigenvalue weighted by molar-refractivity contribution is 0.0785. The third-order valence-corrected chi connectivity index (χ3v) is 4.97. The number of hydrogen-bond donors (Lipinski definition) is 1. The predicted molar refractivity (Wildman–Crippen MR) is 104 cm³/mol. The summed E-state index contributed by atoms with van der Waals surface area (Å²) < 4.78 is 0. The van der Waals surface area contributed by atoms with Gasteiger partial charge in [0.05, 0.1) is 16.8 Å². The van der Waals surface area contributed by atoms with E-state index in [1.54, 1.807) is 26.9 Å². The smallest absolute Gasteiger partial charge is 0.273 e. The Morgan fingerprint density at radius 1 is 1.33 bits per heavy atom. The largest absolute Gasteiger partial charge is 0.350 e. The van der Waals surface area contributed by atoms with Crippen LogP contribution >= 0.6 is 11.3 Å². The van der Waals surface area contributed by atoms with E-state index in [0.29, 0.717) is 36.0 Å². The van der Waals surface area contributed by atoms with Crippen molar-refractivity contribution in [2.24, 2.45) is 0 Å². The van der Waals surface area contributed by atoms with Gasteiger partial charge in [-0.2, -0.15) is 0 Å². The molecule has 9 heteroatoms. The fourth-order valence-corrected chi connectivity index (χ4v) is 3.60. The maximum absolute atomic E-state index is 12.6. The average Bonchev–Trinajstić information content (AvgIpc) is 3.32. The molecule has 1 fully saturated rings. The second kappa shape index (κ2) is 7.99. The average molecular weight is 388 g/mol. The van der Waals surface area contributed by atoms with Gasteiger partial charge in [-0.25, -0.2) is 15.0 Å². The summed E-state index contributed by atoms with van der Waals surface area (Å²) in [7, 11) is 3.72. The molecule has 1 atom stereocenters. The Bertz CT molecular complexity index is 821. The number of carbonyl (C=O) groups excluding carboxylic acids is 2. The zero-order valence-corrected chi connectivity index (χ0v) is 16.8. The van der Waals surface area contributed by atoms with Gasteiger partial charge in [-0.3, -0.25) is 9.59 Å². The number of nitrogens with zero attached hydrogens (tertiary/aromatic N) is 5. The molecule has 144 valence electrons. The monoisotopic (exact) mass is 388 g/mol. The number of aromatic nitrogens is 3. The van der Waals surface area contributed by atoms with E-state index in [9.17, 15) is 9.59 Å². The molecule has 0 spiro atoms. The Morgan fingerprint density at radius 2 is 2.11 bits per heavy atom. The highest BCUT2D eigenvalue weighted by molar-refractivity contribution is 7.07. The van der Waals surface area contributed by atoms with Crippen LogP contribution in [0.3, 0.4) is 0 Å². The van der Waals surface area contributed by atoms with Crippen molar-refractivity contribution >= 4 is 29.1 Å². The van der Waals surface area contributed by atoms with Gasteiger partial charge in [-0.05, 0) is 20.3 Å². The molecule has 3 rings (SSSR count). The lowest BCUT2D eigenvalue weighted by Gasteiger charge is -2.19. The van der Waals surface area contributed by atoms with Crippen molar-refractivity contribution in [2.45, 2.75) is 32.2 Å². The first-order valence-corrected chi connectivity index (χ1v) is 9.83. The van der Waals surface area contributed by atoms with Crippen LogP contribution in [0.1, 0.15) is 52.7 Å². The molecule has 1 unspecified atom stereocenters. The molecule has 27 heavy (non-hydrogen) atoms. The first kappa shape index (κ1) is 19.2. The van der Waals surface area contributed by atoms with Crippen molar-refractivity contribution in [3.05, 3.63) is 34.0 Å². The lowest BCUT2D eigenvalue weighted by atomic mass is 9.99. The molecule has 2 aromatic rings. The van der Waals surface area contributed by atoms with E-state index >= 15 is 0 Å². The van der Waals surface area contributed by atoms with Crippen molar-refractivity contribution in [3.8, 4) is 0 Å². The molecule has 2 aromatic heterocycles. The molecule has 0 saturated carbocycles. The van der Waals surface area contributed by atoms with Crippen molar-refractivity contribution in [3.63, 3.8) is 0 Å². The molecule has 1 aliphatic heterocycles.